The molecule has 0 N–H and O–H groups in total. The summed E-state index contributed by atoms with van der Waals surface area (Å²) in [6.45, 7) is 2.29. The average Bonchev–Trinajstić information content (AvgIpc) is 3.04. The van der Waals surface area contributed by atoms with Gasteiger partial charge >= 0.3 is 5.69 Å². The summed E-state index contributed by atoms with van der Waals surface area (Å²) >= 11 is 6.01. The molecule has 0 radical (unpaired) electrons. The van der Waals surface area contributed by atoms with Crippen molar-refractivity contribution in [1.82, 2.24) is 24.5 Å². The minimum Gasteiger partial charge on any atom is -0.334 e. The molecule has 0 atom stereocenters. The molecule has 2 aromatic heterocycles. The molecule has 22 heavy (non-hydrogen) atoms. The van der Waals surface area contributed by atoms with Gasteiger partial charge in [0.25, 0.3) is 5.91 Å². The van der Waals surface area contributed by atoms with Crippen molar-refractivity contribution in [2.45, 2.75) is 20.0 Å². The second-order valence-electron chi connectivity index (χ2n) is 4.68. The summed E-state index contributed by atoms with van der Waals surface area (Å²) in [5, 5.41) is 19.3. The molecule has 2 aromatic rings. The Hall–Kier alpha value is -2.42. The molecule has 0 aliphatic carbocycles. The van der Waals surface area contributed by atoms with E-state index in [-0.39, 0.29) is 17.9 Å². The number of rotatable bonds is 5. The van der Waals surface area contributed by atoms with Gasteiger partial charge in [0.1, 0.15) is 6.20 Å². The number of nitro groups is 1. The maximum atomic E-state index is 12.5. The molecule has 0 bridgehead atoms. The summed E-state index contributed by atoms with van der Waals surface area (Å²) in [6.07, 6.45) is 2.57. The highest BCUT2D eigenvalue weighted by atomic mass is 35.5. The monoisotopic (exact) mass is 326 g/mol. The fourth-order valence-electron chi connectivity index (χ4n) is 2.06. The van der Waals surface area contributed by atoms with E-state index < -0.39 is 10.8 Å². The molecule has 10 heteroatoms. The van der Waals surface area contributed by atoms with Gasteiger partial charge in [0, 0.05) is 20.6 Å². The predicted octanol–water partition coefficient (Wildman–Crippen LogP) is 1.47. The molecule has 0 aliphatic rings. The number of carbonyl (C=O) groups is 1. The zero-order valence-electron chi connectivity index (χ0n) is 12.4. The van der Waals surface area contributed by atoms with Crippen molar-refractivity contribution in [2.75, 3.05) is 7.05 Å². The van der Waals surface area contributed by atoms with E-state index in [4.69, 9.17) is 11.6 Å². The third-order valence-electron chi connectivity index (χ3n) is 3.26. The van der Waals surface area contributed by atoms with Gasteiger partial charge in [-0.2, -0.15) is 10.2 Å². The zero-order chi connectivity index (χ0) is 16.4. The second kappa shape index (κ2) is 6.14. The maximum absolute atomic E-state index is 12.5. The maximum Gasteiger partial charge on any atom is 0.320 e. The largest absolute Gasteiger partial charge is 0.334 e. The van der Waals surface area contributed by atoms with E-state index in [1.54, 1.807) is 25.7 Å². The van der Waals surface area contributed by atoms with Crippen LogP contribution < -0.4 is 0 Å². The number of hydrogen-bond acceptors (Lipinski definition) is 5. The molecule has 0 saturated heterocycles. The number of aryl methyl sites for hydroxylation is 2. The molecule has 1 amide bonds. The van der Waals surface area contributed by atoms with Gasteiger partial charge in [-0.1, -0.05) is 11.6 Å². The molecule has 0 aromatic carbocycles. The SMILES string of the molecule is CCn1ncc([N+](=O)[O-])c1C(=O)N(C)Cc1c(Cl)cnn1C. The van der Waals surface area contributed by atoms with Gasteiger partial charge < -0.3 is 4.90 Å². The van der Waals surface area contributed by atoms with Crippen LogP contribution in [0.2, 0.25) is 5.02 Å². The van der Waals surface area contributed by atoms with Gasteiger partial charge in [-0.3, -0.25) is 24.3 Å². The standard InChI is InChI=1S/C12H15ClN6O3/c1-4-18-11(9(6-15-18)19(21)22)12(20)16(2)7-10-8(13)5-14-17(10)3/h5-6H,4,7H2,1-3H3. The summed E-state index contributed by atoms with van der Waals surface area (Å²) in [5.41, 5.74) is 0.283. The first-order valence-electron chi connectivity index (χ1n) is 6.48. The lowest BCUT2D eigenvalue weighted by molar-refractivity contribution is -0.385. The molecule has 0 spiro atoms. The Morgan fingerprint density at radius 2 is 2.14 bits per heavy atom. The molecule has 0 fully saturated rings. The first-order chi connectivity index (χ1) is 10.4. The van der Waals surface area contributed by atoms with Gasteiger partial charge in [-0.25, -0.2) is 0 Å². The highest BCUT2D eigenvalue weighted by molar-refractivity contribution is 6.31. The smallest absolute Gasteiger partial charge is 0.320 e. The average molecular weight is 327 g/mol. The number of carbonyl (C=O) groups excluding carboxylic acids is 1. The lowest BCUT2D eigenvalue weighted by Crippen LogP contribution is -2.30. The van der Waals surface area contributed by atoms with Crippen LogP contribution in [0.4, 0.5) is 5.69 Å². The molecule has 9 nitrogen and oxygen atoms in total. The number of hydrogen-bond donors (Lipinski definition) is 0. The van der Waals surface area contributed by atoms with Crippen LogP contribution in [-0.4, -0.2) is 42.3 Å². The Labute approximate surface area is 131 Å². The number of nitrogens with zero attached hydrogens (tertiary/aromatic N) is 6. The Balaban J connectivity index is 2.32. The summed E-state index contributed by atoms with van der Waals surface area (Å²) in [6, 6.07) is 0. The number of amides is 1. The minimum absolute atomic E-state index is 0.0479. The van der Waals surface area contributed by atoms with Crippen LogP contribution in [0, 0.1) is 10.1 Å². The Kier molecular flexibility index (Phi) is 4.45. The van der Waals surface area contributed by atoms with Crippen LogP contribution in [-0.2, 0) is 20.1 Å². The van der Waals surface area contributed by atoms with Crippen molar-refractivity contribution in [2.24, 2.45) is 7.05 Å². The van der Waals surface area contributed by atoms with E-state index in [0.29, 0.717) is 17.3 Å². The molecule has 118 valence electrons. The molecular weight excluding hydrogens is 312 g/mol. The summed E-state index contributed by atoms with van der Waals surface area (Å²) in [4.78, 5) is 24.3. The minimum atomic E-state index is -0.614. The normalized spacial score (nSPS) is 10.7. The molecule has 0 unspecified atom stereocenters. The van der Waals surface area contributed by atoms with E-state index >= 15 is 0 Å². The number of halogens is 1. The third kappa shape index (κ3) is 2.80. The summed E-state index contributed by atoms with van der Waals surface area (Å²) in [5.74, 6) is -0.497. The van der Waals surface area contributed by atoms with E-state index in [1.165, 1.54) is 15.8 Å². The second-order valence-corrected chi connectivity index (χ2v) is 5.08. The lowest BCUT2D eigenvalue weighted by atomic mass is 10.3. The van der Waals surface area contributed by atoms with Crippen LogP contribution in [0.15, 0.2) is 12.4 Å². The fourth-order valence-corrected chi connectivity index (χ4v) is 2.29. The van der Waals surface area contributed by atoms with E-state index in [0.717, 1.165) is 6.20 Å². The van der Waals surface area contributed by atoms with Crippen LogP contribution in [0.1, 0.15) is 23.1 Å². The van der Waals surface area contributed by atoms with Gasteiger partial charge in [0.15, 0.2) is 0 Å². The lowest BCUT2D eigenvalue weighted by Gasteiger charge is -2.17. The first-order valence-corrected chi connectivity index (χ1v) is 6.86. The van der Waals surface area contributed by atoms with Gasteiger partial charge in [-0.05, 0) is 6.92 Å². The van der Waals surface area contributed by atoms with Gasteiger partial charge in [0.2, 0.25) is 5.69 Å². The van der Waals surface area contributed by atoms with Crippen molar-refractivity contribution < 1.29 is 9.72 Å². The van der Waals surface area contributed by atoms with Crippen LogP contribution in [0.25, 0.3) is 0 Å². The first kappa shape index (κ1) is 16.0. The van der Waals surface area contributed by atoms with Crippen molar-refractivity contribution >= 4 is 23.2 Å². The molecule has 2 heterocycles. The van der Waals surface area contributed by atoms with E-state index in [9.17, 15) is 14.9 Å². The van der Waals surface area contributed by atoms with Crippen molar-refractivity contribution in [1.29, 1.82) is 0 Å². The topological polar surface area (TPSA) is 99.1 Å². The van der Waals surface area contributed by atoms with Crippen molar-refractivity contribution in [3.63, 3.8) is 0 Å². The van der Waals surface area contributed by atoms with E-state index in [1.807, 2.05) is 0 Å². The number of aromatic nitrogens is 4. The van der Waals surface area contributed by atoms with Gasteiger partial charge in [-0.15, -0.1) is 0 Å². The predicted molar refractivity (Wildman–Crippen MR) is 78.6 cm³/mol. The molecular formula is C12H15ClN6O3. The zero-order valence-corrected chi connectivity index (χ0v) is 13.1. The van der Waals surface area contributed by atoms with Crippen LogP contribution in [0.3, 0.4) is 0 Å². The fraction of sp³-hybridized carbons (Fsp3) is 0.417. The Bertz CT molecular complexity index is 703. The van der Waals surface area contributed by atoms with Gasteiger partial charge in [0.05, 0.1) is 28.4 Å². The Morgan fingerprint density at radius 3 is 2.64 bits per heavy atom. The molecule has 0 saturated carbocycles. The van der Waals surface area contributed by atoms with Crippen molar-refractivity contribution in [3.05, 3.63) is 38.9 Å². The van der Waals surface area contributed by atoms with Crippen molar-refractivity contribution in [3.8, 4) is 0 Å². The summed E-state index contributed by atoms with van der Waals surface area (Å²) < 4.78 is 2.86. The quantitative estimate of drug-likeness (QED) is 0.612. The van der Waals surface area contributed by atoms with E-state index in [2.05, 4.69) is 10.2 Å². The van der Waals surface area contributed by atoms with Crippen LogP contribution in [0.5, 0.6) is 0 Å². The molecule has 0 aliphatic heterocycles. The molecule has 2 rings (SSSR count). The highest BCUT2D eigenvalue weighted by Crippen LogP contribution is 2.21. The summed E-state index contributed by atoms with van der Waals surface area (Å²) in [7, 11) is 3.25. The van der Waals surface area contributed by atoms with Crippen LogP contribution >= 0.6 is 11.6 Å². The highest BCUT2D eigenvalue weighted by Gasteiger charge is 2.29. The third-order valence-corrected chi connectivity index (χ3v) is 3.58. The Morgan fingerprint density at radius 1 is 1.45 bits per heavy atom.